The van der Waals surface area contributed by atoms with Gasteiger partial charge in [-0.3, -0.25) is 0 Å². The van der Waals surface area contributed by atoms with Crippen LogP contribution in [0.5, 0.6) is 0 Å². The maximum atomic E-state index is 10.1. The number of rotatable bonds is 0. The van der Waals surface area contributed by atoms with E-state index in [1.807, 2.05) is 0 Å². The predicted molar refractivity (Wildman–Crippen MR) is 53.5 cm³/mol. The van der Waals surface area contributed by atoms with Gasteiger partial charge < -0.3 is 10.4 Å². The van der Waals surface area contributed by atoms with E-state index in [1.165, 1.54) is 12.8 Å². The topological polar surface area (TPSA) is 32.3 Å². The molecule has 0 bridgehead atoms. The van der Waals surface area contributed by atoms with Crippen molar-refractivity contribution in [1.82, 2.24) is 5.32 Å². The van der Waals surface area contributed by atoms with Crippen molar-refractivity contribution in [1.29, 1.82) is 0 Å². The first kappa shape index (κ1) is 9.47. The van der Waals surface area contributed by atoms with E-state index in [0.717, 1.165) is 25.4 Å². The molecule has 2 nitrogen and oxygen atoms in total. The Hall–Kier alpha value is -0.0800. The van der Waals surface area contributed by atoms with Crippen LogP contribution in [0.2, 0.25) is 0 Å². The van der Waals surface area contributed by atoms with E-state index in [1.54, 1.807) is 0 Å². The molecule has 0 aromatic heterocycles. The van der Waals surface area contributed by atoms with E-state index in [0.29, 0.717) is 5.92 Å². The molecule has 4 unspecified atom stereocenters. The number of hydrogen-bond donors (Lipinski definition) is 2. The second kappa shape index (κ2) is 3.25. The van der Waals surface area contributed by atoms with Gasteiger partial charge in [-0.25, -0.2) is 0 Å². The van der Waals surface area contributed by atoms with Gasteiger partial charge in [0, 0.05) is 12.0 Å². The van der Waals surface area contributed by atoms with Crippen LogP contribution in [0.3, 0.4) is 0 Å². The molecule has 0 radical (unpaired) electrons. The summed E-state index contributed by atoms with van der Waals surface area (Å²) in [6.45, 7) is 6.71. The third-order valence-electron chi connectivity index (χ3n) is 4.21. The summed E-state index contributed by atoms with van der Waals surface area (Å²) in [5, 5.41) is 13.5. The van der Waals surface area contributed by atoms with Gasteiger partial charge in [-0.1, -0.05) is 13.8 Å². The van der Waals surface area contributed by atoms with Crippen LogP contribution in [0.4, 0.5) is 0 Å². The van der Waals surface area contributed by atoms with E-state index < -0.39 is 0 Å². The first-order valence-electron chi connectivity index (χ1n) is 5.54. The Bertz CT molecular complexity index is 195. The maximum absolute atomic E-state index is 10.1. The first-order valence-corrected chi connectivity index (χ1v) is 5.54. The van der Waals surface area contributed by atoms with Crippen LogP contribution in [-0.4, -0.2) is 24.3 Å². The highest BCUT2D eigenvalue weighted by Gasteiger charge is 2.48. The summed E-state index contributed by atoms with van der Waals surface area (Å²) in [6, 6.07) is 0. The normalized spacial score (nSPS) is 51.5. The summed E-state index contributed by atoms with van der Waals surface area (Å²) in [6.07, 6.45) is 3.36. The molecule has 0 amide bonds. The van der Waals surface area contributed by atoms with Gasteiger partial charge in [0.1, 0.15) is 0 Å². The Labute approximate surface area is 80.7 Å². The summed E-state index contributed by atoms with van der Waals surface area (Å²) < 4.78 is 0. The van der Waals surface area contributed by atoms with Gasteiger partial charge in [-0.05, 0) is 37.6 Å². The van der Waals surface area contributed by atoms with Crippen molar-refractivity contribution in [3.8, 4) is 0 Å². The third-order valence-corrected chi connectivity index (χ3v) is 4.21. The maximum Gasteiger partial charge on any atom is 0.0611 e. The Kier molecular flexibility index (Phi) is 2.37. The molecule has 1 aliphatic carbocycles. The molecule has 2 N–H and O–H groups in total. The van der Waals surface area contributed by atoms with Crippen LogP contribution in [0.25, 0.3) is 0 Å². The number of aliphatic hydroxyl groups excluding tert-OH is 1. The molecular formula is C11H21NO. The molecule has 1 saturated heterocycles. The van der Waals surface area contributed by atoms with E-state index >= 15 is 0 Å². The van der Waals surface area contributed by atoms with Crippen LogP contribution in [0.15, 0.2) is 0 Å². The molecule has 2 aliphatic rings. The van der Waals surface area contributed by atoms with E-state index in [4.69, 9.17) is 0 Å². The molecule has 1 spiro atoms. The lowest BCUT2D eigenvalue weighted by Crippen LogP contribution is -2.45. The van der Waals surface area contributed by atoms with Crippen molar-refractivity contribution in [2.45, 2.75) is 39.2 Å². The van der Waals surface area contributed by atoms with Gasteiger partial charge in [0.2, 0.25) is 0 Å². The average Bonchev–Trinajstić information content (AvgIpc) is 2.43. The summed E-state index contributed by atoms with van der Waals surface area (Å²) in [5.74, 6) is 1.44. The molecule has 0 aromatic rings. The highest BCUT2D eigenvalue weighted by atomic mass is 16.3. The molecular weight excluding hydrogens is 162 g/mol. The largest absolute Gasteiger partial charge is 0.392 e. The minimum atomic E-state index is -0.0614. The van der Waals surface area contributed by atoms with Crippen LogP contribution in [0.1, 0.15) is 33.1 Å². The lowest BCUT2D eigenvalue weighted by atomic mass is 9.63. The van der Waals surface area contributed by atoms with E-state index in [9.17, 15) is 5.11 Å². The Morgan fingerprint density at radius 1 is 1.31 bits per heavy atom. The average molecular weight is 183 g/mol. The van der Waals surface area contributed by atoms with Crippen LogP contribution >= 0.6 is 0 Å². The number of nitrogens with one attached hydrogen (secondary N) is 1. The minimum absolute atomic E-state index is 0.0614. The Morgan fingerprint density at radius 3 is 2.69 bits per heavy atom. The Morgan fingerprint density at radius 2 is 2.08 bits per heavy atom. The molecule has 0 aromatic carbocycles. The molecule has 4 atom stereocenters. The number of hydrogen-bond acceptors (Lipinski definition) is 2. The molecule has 2 rings (SSSR count). The predicted octanol–water partition coefficient (Wildman–Crippen LogP) is 1.39. The standard InChI is InChI=1S/C11H21NO/c1-8-3-4-10(13)11(5-8)7-12-6-9(11)2/h8-10,12-13H,3-7H2,1-2H3. The van der Waals surface area contributed by atoms with Gasteiger partial charge in [-0.2, -0.15) is 0 Å². The van der Waals surface area contributed by atoms with Crippen molar-refractivity contribution in [2.24, 2.45) is 17.3 Å². The zero-order valence-corrected chi connectivity index (χ0v) is 8.71. The summed E-state index contributed by atoms with van der Waals surface area (Å²) in [7, 11) is 0. The molecule has 2 fully saturated rings. The molecule has 2 heteroatoms. The SMILES string of the molecule is CC1CCC(O)C2(CNCC2C)C1. The second-order valence-corrected chi connectivity index (χ2v) is 5.17. The lowest BCUT2D eigenvalue weighted by Gasteiger charge is -2.43. The van der Waals surface area contributed by atoms with Gasteiger partial charge in [0.15, 0.2) is 0 Å². The van der Waals surface area contributed by atoms with Crippen molar-refractivity contribution in [3.63, 3.8) is 0 Å². The molecule has 1 heterocycles. The quantitative estimate of drug-likeness (QED) is 0.595. The van der Waals surface area contributed by atoms with Crippen LogP contribution in [0, 0.1) is 17.3 Å². The fraction of sp³-hybridized carbons (Fsp3) is 1.00. The fourth-order valence-electron chi connectivity index (χ4n) is 3.24. The summed E-state index contributed by atoms with van der Waals surface area (Å²) >= 11 is 0. The van der Waals surface area contributed by atoms with Crippen LogP contribution in [-0.2, 0) is 0 Å². The van der Waals surface area contributed by atoms with E-state index in [-0.39, 0.29) is 11.5 Å². The third kappa shape index (κ3) is 1.40. The van der Waals surface area contributed by atoms with Crippen molar-refractivity contribution < 1.29 is 5.11 Å². The lowest BCUT2D eigenvalue weighted by molar-refractivity contribution is -0.0392. The van der Waals surface area contributed by atoms with Crippen LogP contribution < -0.4 is 5.32 Å². The highest BCUT2D eigenvalue weighted by molar-refractivity contribution is 5.00. The van der Waals surface area contributed by atoms with Crippen molar-refractivity contribution >= 4 is 0 Å². The highest BCUT2D eigenvalue weighted by Crippen LogP contribution is 2.46. The minimum Gasteiger partial charge on any atom is -0.392 e. The van der Waals surface area contributed by atoms with Gasteiger partial charge in [0.05, 0.1) is 6.10 Å². The second-order valence-electron chi connectivity index (χ2n) is 5.17. The van der Waals surface area contributed by atoms with Crippen molar-refractivity contribution in [2.75, 3.05) is 13.1 Å². The molecule has 1 saturated carbocycles. The fourth-order valence-corrected chi connectivity index (χ4v) is 3.24. The van der Waals surface area contributed by atoms with E-state index in [2.05, 4.69) is 19.2 Å². The zero-order chi connectivity index (χ0) is 9.47. The van der Waals surface area contributed by atoms with Gasteiger partial charge in [0.25, 0.3) is 0 Å². The molecule has 13 heavy (non-hydrogen) atoms. The van der Waals surface area contributed by atoms with Gasteiger partial charge >= 0.3 is 0 Å². The molecule has 76 valence electrons. The number of aliphatic hydroxyl groups is 1. The smallest absolute Gasteiger partial charge is 0.0611 e. The monoisotopic (exact) mass is 183 g/mol. The Balaban J connectivity index is 2.17. The first-order chi connectivity index (χ1) is 6.15. The van der Waals surface area contributed by atoms with Gasteiger partial charge in [-0.15, -0.1) is 0 Å². The zero-order valence-electron chi connectivity index (χ0n) is 8.71. The molecule has 1 aliphatic heterocycles. The van der Waals surface area contributed by atoms with Crippen molar-refractivity contribution in [3.05, 3.63) is 0 Å². The summed E-state index contributed by atoms with van der Waals surface area (Å²) in [5.41, 5.74) is 0.206. The summed E-state index contributed by atoms with van der Waals surface area (Å²) in [4.78, 5) is 0.